The molecule has 26 heavy (non-hydrogen) atoms. The van der Waals surface area contributed by atoms with E-state index >= 15 is 0 Å². The SMILES string of the molecule is O=C1CCc2cc(S(=O)(=O)N3CCCCC3Cn3ccnn3)ccc2N1. The van der Waals surface area contributed by atoms with Gasteiger partial charge in [0.15, 0.2) is 0 Å². The Labute approximate surface area is 152 Å². The molecule has 2 aliphatic rings. The molecule has 0 bridgehead atoms. The van der Waals surface area contributed by atoms with E-state index in [-0.39, 0.29) is 16.8 Å². The molecule has 1 N–H and O–H groups in total. The summed E-state index contributed by atoms with van der Waals surface area (Å²) in [6.45, 7) is 1.01. The summed E-state index contributed by atoms with van der Waals surface area (Å²) in [4.78, 5) is 11.8. The predicted molar refractivity (Wildman–Crippen MR) is 94.9 cm³/mol. The van der Waals surface area contributed by atoms with E-state index in [2.05, 4.69) is 15.6 Å². The lowest BCUT2D eigenvalue weighted by molar-refractivity contribution is -0.116. The Morgan fingerprint density at radius 1 is 1.23 bits per heavy atom. The van der Waals surface area contributed by atoms with Crippen molar-refractivity contribution in [3.05, 3.63) is 36.2 Å². The van der Waals surface area contributed by atoms with Crippen molar-refractivity contribution < 1.29 is 13.2 Å². The minimum absolute atomic E-state index is 0.0305. The first-order valence-electron chi connectivity index (χ1n) is 8.83. The maximum atomic E-state index is 13.3. The highest BCUT2D eigenvalue weighted by Gasteiger charge is 2.34. The average Bonchev–Trinajstić information content (AvgIpc) is 3.14. The Hall–Kier alpha value is -2.26. The van der Waals surface area contributed by atoms with Crippen molar-refractivity contribution >= 4 is 21.6 Å². The molecule has 1 aromatic heterocycles. The number of sulfonamides is 1. The number of anilines is 1. The highest BCUT2D eigenvalue weighted by Crippen LogP contribution is 2.30. The Balaban J connectivity index is 1.63. The van der Waals surface area contributed by atoms with Gasteiger partial charge in [0.2, 0.25) is 15.9 Å². The van der Waals surface area contributed by atoms with Crippen LogP contribution >= 0.6 is 0 Å². The zero-order valence-corrected chi connectivity index (χ0v) is 15.2. The number of aryl methyl sites for hydroxylation is 1. The summed E-state index contributed by atoms with van der Waals surface area (Å²) >= 11 is 0. The molecule has 0 saturated carbocycles. The Morgan fingerprint density at radius 2 is 2.12 bits per heavy atom. The molecule has 0 aliphatic carbocycles. The van der Waals surface area contributed by atoms with Crippen LogP contribution in [0, 0.1) is 0 Å². The van der Waals surface area contributed by atoms with Gasteiger partial charge in [-0.3, -0.25) is 9.48 Å². The summed E-state index contributed by atoms with van der Waals surface area (Å²) < 4.78 is 29.8. The van der Waals surface area contributed by atoms with Crippen molar-refractivity contribution in [1.29, 1.82) is 0 Å². The molecule has 1 aromatic carbocycles. The number of carbonyl (C=O) groups excluding carboxylic acids is 1. The number of fused-ring (bicyclic) bond motifs is 1. The van der Waals surface area contributed by atoms with E-state index in [0.717, 1.165) is 24.8 Å². The molecule has 1 amide bonds. The molecule has 1 saturated heterocycles. The van der Waals surface area contributed by atoms with Crippen LogP contribution < -0.4 is 5.32 Å². The van der Waals surface area contributed by atoms with Crippen LogP contribution in [-0.4, -0.2) is 46.2 Å². The summed E-state index contributed by atoms with van der Waals surface area (Å²) in [5.74, 6) is -0.0305. The van der Waals surface area contributed by atoms with Crippen LogP contribution in [0.25, 0.3) is 0 Å². The van der Waals surface area contributed by atoms with Crippen molar-refractivity contribution in [3.63, 3.8) is 0 Å². The predicted octanol–water partition coefficient (Wildman–Crippen LogP) is 1.41. The molecular weight excluding hydrogens is 354 g/mol. The largest absolute Gasteiger partial charge is 0.326 e. The van der Waals surface area contributed by atoms with Gasteiger partial charge in [-0.1, -0.05) is 11.6 Å². The lowest BCUT2D eigenvalue weighted by atomic mass is 10.0. The van der Waals surface area contributed by atoms with Gasteiger partial charge >= 0.3 is 0 Å². The van der Waals surface area contributed by atoms with Gasteiger partial charge in [0.1, 0.15) is 0 Å². The standard InChI is InChI=1S/C17H21N5O3S/c23-17-7-4-13-11-15(5-6-16(13)19-17)26(24,25)22-9-2-1-3-14(22)12-21-10-8-18-20-21/h5-6,8,10-11,14H,1-4,7,9,12H2,(H,19,23). The van der Waals surface area contributed by atoms with E-state index in [4.69, 9.17) is 0 Å². The van der Waals surface area contributed by atoms with Crippen LogP contribution in [0.1, 0.15) is 31.2 Å². The number of nitrogens with one attached hydrogen (secondary N) is 1. The summed E-state index contributed by atoms with van der Waals surface area (Å²) in [5.41, 5.74) is 1.58. The van der Waals surface area contributed by atoms with E-state index in [0.29, 0.717) is 31.6 Å². The summed E-state index contributed by atoms with van der Waals surface area (Å²) in [7, 11) is -3.60. The summed E-state index contributed by atoms with van der Waals surface area (Å²) in [5, 5.41) is 10.6. The van der Waals surface area contributed by atoms with Crippen LogP contribution in [0.15, 0.2) is 35.5 Å². The second kappa shape index (κ2) is 6.81. The van der Waals surface area contributed by atoms with Crippen LogP contribution in [0.4, 0.5) is 5.69 Å². The second-order valence-electron chi connectivity index (χ2n) is 6.76. The zero-order chi connectivity index (χ0) is 18.1. The molecular formula is C17H21N5O3S. The molecule has 2 aliphatic heterocycles. The fourth-order valence-electron chi connectivity index (χ4n) is 3.67. The van der Waals surface area contributed by atoms with Gasteiger partial charge < -0.3 is 5.32 Å². The smallest absolute Gasteiger partial charge is 0.243 e. The third-order valence-corrected chi connectivity index (χ3v) is 6.97. The lowest BCUT2D eigenvalue weighted by Gasteiger charge is -2.34. The van der Waals surface area contributed by atoms with Crippen LogP contribution in [0.5, 0.6) is 0 Å². The molecule has 1 fully saturated rings. The molecule has 1 unspecified atom stereocenters. The number of benzene rings is 1. The van der Waals surface area contributed by atoms with Gasteiger partial charge in [0.05, 0.1) is 17.6 Å². The van der Waals surface area contributed by atoms with Gasteiger partial charge in [-0.2, -0.15) is 4.31 Å². The zero-order valence-electron chi connectivity index (χ0n) is 14.3. The number of piperidine rings is 1. The topological polar surface area (TPSA) is 97.2 Å². The fourth-order valence-corrected chi connectivity index (χ4v) is 5.41. The van der Waals surface area contributed by atoms with E-state index in [1.807, 2.05) is 0 Å². The van der Waals surface area contributed by atoms with Crippen molar-refractivity contribution in [2.45, 2.75) is 49.6 Å². The van der Waals surface area contributed by atoms with Crippen LogP contribution in [0.3, 0.4) is 0 Å². The van der Waals surface area contributed by atoms with E-state index < -0.39 is 10.0 Å². The maximum absolute atomic E-state index is 13.3. The highest BCUT2D eigenvalue weighted by atomic mass is 32.2. The number of rotatable bonds is 4. The Morgan fingerprint density at radius 3 is 2.92 bits per heavy atom. The minimum Gasteiger partial charge on any atom is -0.326 e. The Bertz CT molecular complexity index is 910. The molecule has 2 aromatic rings. The molecule has 4 rings (SSSR count). The number of nitrogens with zero attached hydrogens (tertiary/aromatic N) is 4. The molecule has 3 heterocycles. The second-order valence-corrected chi connectivity index (χ2v) is 8.65. The lowest BCUT2D eigenvalue weighted by Crippen LogP contribution is -2.45. The molecule has 138 valence electrons. The highest BCUT2D eigenvalue weighted by molar-refractivity contribution is 7.89. The van der Waals surface area contributed by atoms with Crippen LogP contribution in [-0.2, 0) is 27.8 Å². The third kappa shape index (κ3) is 3.24. The first-order valence-corrected chi connectivity index (χ1v) is 10.3. The number of aromatic nitrogens is 3. The van der Waals surface area contributed by atoms with Crippen molar-refractivity contribution in [2.75, 3.05) is 11.9 Å². The van der Waals surface area contributed by atoms with E-state index in [1.54, 1.807) is 39.6 Å². The first-order chi connectivity index (χ1) is 12.5. The van der Waals surface area contributed by atoms with Crippen molar-refractivity contribution in [2.24, 2.45) is 0 Å². The summed E-state index contributed by atoms with van der Waals surface area (Å²) in [6, 6.07) is 4.84. The first kappa shape index (κ1) is 17.2. The van der Waals surface area contributed by atoms with Gasteiger partial charge in [0, 0.05) is 30.9 Å². The Kier molecular flexibility index (Phi) is 4.49. The fraction of sp³-hybridized carbons (Fsp3) is 0.471. The third-order valence-electron chi connectivity index (χ3n) is 5.02. The van der Waals surface area contributed by atoms with Gasteiger partial charge in [-0.25, -0.2) is 8.42 Å². The molecule has 0 spiro atoms. The number of hydrogen-bond acceptors (Lipinski definition) is 5. The van der Waals surface area contributed by atoms with E-state index in [1.165, 1.54) is 0 Å². The quantitative estimate of drug-likeness (QED) is 0.871. The van der Waals surface area contributed by atoms with Crippen molar-refractivity contribution in [1.82, 2.24) is 19.3 Å². The number of carbonyl (C=O) groups is 1. The molecule has 0 radical (unpaired) electrons. The number of hydrogen-bond donors (Lipinski definition) is 1. The van der Waals surface area contributed by atoms with Gasteiger partial charge in [0.25, 0.3) is 0 Å². The van der Waals surface area contributed by atoms with Gasteiger partial charge in [-0.05, 0) is 43.0 Å². The van der Waals surface area contributed by atoms with Crippen molar-refractivity contribution in [3.8, 4) is 0 Å². The summed E-state index contributed by atoms with van der Waals surface area (Å²) in [6.07, 6.45) is 6.96. The maximum Gasteiger partial charge on any atom is 0.243 e. The van der Waals surface area contributed by atoms with Gasteiger partial charge in [-0.15, -0.1) is 5.10 Å². The normalized spacial score (nSPS) is 21.2. The molecule has 9 heteroatoms. The molecule has 1 atom stereocenters. The van der Waals surface area contributed by atoms with E-state index in [9.17, 15) is 13.2 Å². The minimum atomic E-state index is -3.60. The van der Waals surface area contributed by atoms with Crippen LogP contribution in [0.2, 0.25) is 0 Å². The average molecular weight is 375 g/mol. The monoisotopic (exact) mass is 375 g/mol. The number of amides is 1. The molecule has 8 nitrogen and oxygen atoms in total.